The molecule has 1 saturated heterocycles. The van der Waals surface area contributed by atoms with E-state index in [9.17, 15) is 35.9 Å². The van der Waals surface area contributed by atoms with Crippen molar-refractivity contribution in [3.8, 4) is 0 Å². The summed E-state index contributed by atoms with van der Waals surface area (Å²) in [6.07, 6.45) is -11.2. The molecule has 5 nitrogen and oxygen atoms in total. The zero-order valence-corrected chi connectivity index (χ0v) is 19.4. The zero-order chi connectivity index (χ0) is 26.9. The summed E-state index contributed by atoms with van der Waals surface area (Å²) < 4.78 is 85.6. The molecule has 2 N–H and O–H groups in total. The summed E-state index contributed by atoms with van der Waals surface area (Å²) in [6, 6.07) is 8.66. The molecule has 0 bridgehead atoms. The molecule has 0 aliphatic carbocycles. The largest absolute Gasteiger partial charge is 0.488 e. The number of nitrogens with one attached hydrogen (secondary N) is 2. The van der Waals surface area contributed by atoms with Crippen molar-refractivity contribution in [1.82, 2.24) is 10.6 Å². The minimum absolute atomic E-state index is 0.0243. The highest BCUT2D eigenvalue weighted by molar-refractivity contribution is 5.90. The fraction of sp³-hybridized carbons (Fsp3) is 0.360. The van der Waals surface area contributed by atoms with Crippen LogP contribution in [0.2, 0.25) is 0 Å². The molecular formula is C25H24F6N2O3. The number of hydrogen-bond acceptors (Lipinski definition) is 3. The third-order valence-corrected chi connectivity index (χ3v) is 5.96. The molecule has 0 aromatic heterocycles. The van der Waals surface area contributed by atoms with E-state index in [0.717, 1.165) is 0 Å². The van der Waals surface area contributed by atoms with Gasteiger partial charge in [0.25, 0.3) is 0 Å². The van der Waals surface area contributed by atoms with Crippen LogP contribution in [-0.2, 0) is 32.2 Å². The van der Waals surface area contributed by atoms with Crippen molar-refractivity contribution in [3.63, 3.8) is 0 Å². The first-order chi connectivity index (χ1) is 16.7. The number of hydrogen-bond donors (Lipinski definition) is 2. The molecule has 11 heteroatoms. The summed E-state index contributed by atoms with van der Waals surface area (Å²) in [5, 5.41) is 5.35. The molecular weight excluding hydrogens is 490 g/mol. The predicted molar refractivity (Wildman–Crippen MR) is 118 cm³/mol. The number of rotatable bonds is 7. The van der Waals surface area contributed by atoms with Gasteiger partial charge in [-0.05, 0) is 36.2 Å². The third kappa shape index (κ3) is 5.66. The molecule has 1 aliphatic heterocycles. The molecule has 2 amide bonds. The van der Waals surface area contributed by atoms with Crippen molar-refractivity contribution in [2.24, 2.45) is 0 Å². The molecule has 0 saturated carbocycles. The Bertz CT molecular complexity index is 1110. The average Bonchev–Trinajstić information content (AvgIpc) is 3.15. The lowest BCUT2D eigenvalue weighted by Gasteiger charge is -2.33. The lowest BCUT2D eigenvalue weighted by molar-refractivity contribution is -0.143. The number of carbonyl (C=O) groups is 2. The van der Waals surface area contributed by atoms with Crippen LogP contribution in [0.3, 0.4) is 0 Å². The maximum Gasteiger partial charge on any atom is 0.416 e. The van der Waals surface area contributed by atoms with Crippen LogP contribution in [0.15, 0.2) is 60.9 Å². The van der Waals surface area contributed by atoms with Gasteiger partial charge in [-0.1, -0.05) is 43.8 Å². The molecule has 1 fully saturated rings. The number of benzene rings is 2. The molecule has 36 heavy (non-hydrogen) atoms. The molecule has 0 spiro atoms. The van der Waals surface area contributed by atoms with Gasteiger partial charge in [-0.2, -0.15) is 26.3 Å². The molecule has 0 radical (unpaired) electrons. The van der Waals surface area contributed by atoms with Crippen LogP contribution in [0.5, 0.6) is 0 Å². The lowest BCUT2D eigenvalue weighted by Crippen LogP contribution is -2.42. The van der Waals surface area contributed by atoms with E-state index in [0.29, 0.717) is 17.7 Å². The summed E-state index contributed by atoms with van der Waals surface area (Å²) in [7, 11) is 0. The SMILES string of the molecule is C=C(O[C@H](C)c1cc(C(F)(F)F)cc(C(F)(F)F)c1)[C@@]1(c2ccccc2)C[C@H](NC(=O)CC)C(=O)N1. The Morgan fingerprint density at radius 1 is 1.11 bits per heavy atom. The van der Waals surface area contributed by atoms with E-state index >= 15 is 0 Å². The first-order valence-electron chi connectivity index (χ1n) is 11.0. The fourth-order valence-corrected chi connectivity index (χ4v) is 4.01. The van der Waals surface area contributed by atoms with Crippen LogP contribution in [-0.4, -0.2) is 17.9 Å². The van der Waals surface area contributed by atoms with E-state index in [-0.39, 0.29) is 36.1 Å². The van der Waals surface area contributed by atoms with E-state index in [1.54, 1.807) is 37.3 Å². The van der Waals surface area contributed by atoms with Gasteiger partial charge in [0.2, 0.25) is 11.8 Å². The minimum atomic E-state index is -5.01. The van der Waals surface area contributed by atoms with Crippen molar-refractivity contribution in [2.75, 3.05) is 0 Å². The second-order valence-corrected chi connectivity index (χ2v) is 8.46. The van der Waals surface area contributed by atoms with Crippen LogP contribution in [0, 0.1) is 0 Å². The van der Waals surface area contributed by atoms with Gasteiger partial charge in [-0.3, -0.25) is 9.59 Å². The third-order valence-electron chi connectivity index (χ3n) is 5.96. The molecule has 2 aromatic rings. The van der Waals surface area contributed by atoms with Gasteiger partial charge >= 0.3 is 12.4 Å². The highest BCUT2D eigenvalue weighted by atomic mass is 19.4. The number of ether oxygens (including phenoxy) is 1. The molecule has 2 aromatic carbocycles. The quantitative estimate of drug-likeness (QED) is 0.372. The Hall–Kier alpha value is -3.50. The number of amides is 2. The molecule has 194 valence electrons. The summed E-state index contributed by atoms with van der Waals surface area (Å²) in [5.41, 5.74) is -4.18. The van der Waals surface area contributed by atoms with Gasteiger partial charge in [-0.15, -0.1) is 0 Å². The van der Waals surface area contributed by atoms with Crippen LogP contribution >= 0.6 is 0 Å². The number of alkyl halides is 6. The predicted octanol–water partition coefficient (Wildman–Crippen LogP) is 5.63. The Morgan fingerprint density at radius 3 is 2.17 bits per heavy atom. The van der Waals surface area contributed by atoms with Gasteiger partial charge in [0.1, 0.15) is 23.4 Å². The van der Waals surface area contributed by atoms with Crippen LogP contribution < -0.4 is 10.6 Å². The summed E-state index contributed by atoms with van der Waals surface area (Å²) >= 11 is 0. The Labute approximate surface area is 203 Å². The van der Waals surface area contributed by atoms with Crippen molar-refractivity contribution in [2.45, 2.75) is 56.7 Å². The van der Waals surface area contributed by atoms with Crippen LogP contribution in [0.4, 0.5) is 26.3 Å². The van der Waals surface area contributed by atoms with Gasteiger partial charge in [0, 0.05) is 12.8 Å². The van der Waals surface area contributed by atoms with E-state index < -0.39 is 47.1 Å². The molecule has 1 aliphatic rings. The summed E-state index contributed by atoms with van der Waals surface area (Å²) in [6.45, 7) is 6.76. The maximum absolute atomic E-state index is 13.3. The van der Waals surface area contributed by atoms with E-state index in [1.807, 2.05) is 0 Å². The van der Waals surface area contributed by atoms with Gasteiger partial charge in [0.15, 0.2) is 0 Å². The van der Waals surface area contributed by atoms with Crippen molar-refractivity contribution in [3.05, 3.63) is 83.1 Å². The topological polar surface area (TPSA) is 67.4 Å². The van der Waals surface area contributed by atoms with Crippen molar-refractivity contribution < 1.29 is 40.7 Å². The zero-order valence-electron chi connectivity index (χ0n) is 19.4. The standard InChI is InChI=1S/C25H24F6N2O3/c1-4-21(34)32-20-13-23(33-22(20)35,17-8-6-5-7-9-17)15(3)36-14(2)16-10-18(24(26,27)28)12-19(11-16)25(29,30)31/h5-12,14,20H,3-4,13H2,1-2H3,(H,32,34)(H,33,35)/t14-,20+,23-/m1/s1. The van der Waals surface area contributed by atoms with Crippen LogP contribution in [0.1, 0.15) is 55.0 Å². The van der Waals surface area contributed by atoms with Gasteiger partial charge < -0.3 is 15.4 Å². The fourth-order valence-electron chi connectivity index (χ4n) is 4.01. The van der Waals surface area contributed by atoms with Crippen LogP contribution in [0.25, 0.3) is 0 Å². The number of halogens is 6. The summed E-state index contributed by atoms with van der Waals surface area (Å²) in [5.74, 6) is -1.01. The second kappa shape index (κ2) is 9.87. The molecule has 1 heterocycles. The monoisotopic (exact) mass is 514 g/mol. The first kappa shape index (κ1) is 27.1. The Kier molecular flexibility index (Phi) is 7.42. The molecule has 3 rings (SSSR count). The highest BCUT2D eigenvalue weighted by Gasteiger charge is 2.49. The van der Waals surface area contributed by atoms with Gasteiger partial charge in [-0.25, -0.2) is 0 Å². The maximum atomic E-state index is 13.3. The Balaban J connectivity index is 1.97. The van der Waals surface area contributed by atoms with Gasteiger partial charge in [0.05, 0.1) is 11.1 Å². The van der Waals surface area contributed by atoms with E-state index in [1.165, 1.54) is 6.92 Å². The smallest absolute Gasteiger partial charge is 0.416 e. The second-order valence-electron chi connectivity index (χ2n) is 8.46. The number of carbonyl (C=O) groups excluding carboxylic acids is 2. The lowest BCUT2D eigenvalue weighted by atomic mass is 9.85. The van der Waals surface area contributed by atoms with E-state index in [2.05, 4.69) is 17.2 Å². The average molecular weight is 514 g/mol. The summed E-state index contributed by atoms with van der Waals surface area (Å²) in [4.78, 5) is 24.6. The van der Waals surface area contributed by atoms with Crippen molar-refractivity contribution in [1.29, 1.82) is 0 Å². The first-order valence-corrected chi connectivity index (χ1v) is 11.0. The Morgan fingerprint density at radius 2 is 1.67 bits per heavy atom. The normalized spacial score (nSPS) is 21.0. The minimum Gasteiger partial charge on any atom is -0.488 e. The molecule has 0 unspecified atom stereocenters. The van der Waals surface area contributed by atoms with Crippen molar-refractivity contribution >= 4 is 11.8 Å². The van der Waals surface area contributed by atoms with E-state index in [4.69, 9.17) is 4.74 Å². The molecule has 3 atom stereocenters. The highest BCUT2D eigenvalue weighted by Crippen LogP contribution is 2.42.